The van der Waals surface area contributed by atoms with Gasteiger partial charge in [0.2, 0.25) is 0 Å². The summed E-state index contributed by atoms with van der Waals surface area (Å²) < 4.78 is 0. The number of carbonyl (C=O) groups excluding carboxylic acids is 1. The molecule has 0 aliphatic rings. The molecule has 0 N–H and O–H groups in total. The van der Waals surface area contributed by atoms with Gasteiger partial charge in [-0.25, -0.2) is 0 Å². The summed E-state index contributed by atoms with van der Waals surface area (Å²) in [6.45, 7) is 8.58. The van der Waals surface area contributed by atoms with Crippen LogP contribution >= 0.6 is 11.3 Å². The molecule has 0 saturated carbocycles. The van der Waals surface area contributed by atoms with Gasteiger partial charge in [0.05, 0.1) is 4.88 Å². The van der Waals surface area contributed by atoms with Crippen molar-refractivity contribution in [1.29, 1.82) is 0 Å². The quantitative estimate of drug-likeness (QED) is 0.750. The lowest BCUT2D eigenvalue weighted by Gasteiger charge is -2.26. The Kier molecular flexibility index (Phi) is 6.55. The Labute approximate surface area is 136 Å². The monoisotopic (exact) mass is 317 g/mol. The normalized spacial score (nSPS) is 10.9. The summed E-state index contributed by atoms with van der Waals surface area (Å²) in [6, 6.07) is 7.75. The largest absolute Gasteiger partial charge is 0.332 e. The van der Waals surface area contributed by atoms with E-state index in [4.69, 9.17) is 0 Å². The van der Waals surface area contributed by atoms with Crippen molar-refractivity contribution in [3.63, 3.8) is 0 Å². The van der Waals surface area contributed by atoms with Gasteiger partial charge in [0, 0.05) is 32.0 Å². The second-order valence-electron chi connectivity index (χ2n) is 5.09. The minimum atomic E-state index is 0.110. The molecule has 5 heteroatoms. The van der Waals surface area contributed by atoms with E-state index in [-0.39, 0.29) is 5.91 Å². The van der Waals surface area contributed by atoms with Crippen molar-refractivity contribution in [2.75, 3.05) is 26.2 Å². The van der Waals surface area contributed by atoms with Crippen LogP contribution in [0.5, 0.6) is 0 Å². The molecular weight excluding hydrogens is 294 g/mol. The Morgan fingerprint density at radius 1 is 1.14 bits per heavy atom. The van der Waals surface area contributed by atoms with E-state index in [1.807, 2.05) is 34.5 Å². The van der Waals surface area contributed by atoms with Gasteiger partial charge in [-0.3, -0.25) is 9.78 Å². The highest BCUT2D eigenvalue weighted by Crippen LogP contribution is 2.14. The molecule has 0 saturated heterocycles. The van der Waals surface area contributed by atoms with Crippen LogP contribution in [-0.2, 0) is 6.54 Å². The Bertz CT molecular complexity index is 553. The summed E-state index contributed by atoms with van der Waals surface area (Å²) in [6.07, 6.45) is 3.54. The Hall–Kier alpha value is -1.72. The number of amides is 1. The van der Waals surface area contributed by atoms with Crippen molar-refractivity contribution in [2.45, 2.75) is 20.4 Å². The topological polar surface area (TPSA) is 36.4 Å². The van der Waals surface area contributed by atoms with Crippen molar-refractivity contribution >= 4 is 17.2 Å². The summed E-state index contributed by atoms with van der Waals surface area (Å²) in [5.41, 5.74) is 1.11. The molecule has 2 heterocycles. The van der Waals surface area contributed by atoms with Crippen LogP contribution in [0.2, 0.25) is 0 Å². The van der Waals surface area contributed by atoms with Crippen molar-refractivity contribution in [2.24, 2.45) is 0 Å². The predicted octanol–water partition coefficient (Wildman–Crippen LogP) is 3.13. The SMILES string of the molecule is CCN(CC)CCN(Cc1ccncc1)C(=O)c1cccs1. The van der Waals surface area contributed by atoms with Gasteiger partial charge in [0.25, 0.3) is 5.91 Å². The molecule has 0 unspecified atom stereocenters. The number of nitrogens with zero attached hydrogens (tertiary/aromatic N) is 3. The Morgan fingerprint density at radius 2 is 1.86 bits per heavy atom. The number of carbonyl (C=O) groups is 1. The zero-order valence-corrected chi connectivity index (χ0v) is 14.1. The molecular formula is C17H23N3OS. The number of rotatable bonds is 8. The first-order valence-corrected chi connectivity index (χ1v) is 8.56. The highest BCUT2D eigenvalue weighted by atomic mass is 32.1. The maximum Gasteiger partial charge on any atom is 0.264 e. The number of thiophene rings is 1. The van der Waals surface area contributed by atoms with Crippen LogP contribution in [0.3, 0.4) is 0 Å². The van der Waals surface area contributed by atoms with Crippen molar-refractivity contribution in [3.8, 4) is 0 Å². The maximum atomic E-state index is 12.7. The zero-order valence-electron chi connectivity index (χ0n) is 13.2. The lowest BCUT2D eigenvalue weighted by molar-refractivity contribution is 0.0729. The molecule has 2 rings (SSSR count). The molecule has 0 atom stereocenters. The van der Waals surface area contributed by atoms with Crippen molar-refractivity contribution < 1.29 is 4.79 Å². The fourth-order valence-electron chi connectivity index (χ4n) is 2.32. The van der Waals surface area contributed by atoms with E-state index >= 15 is 0 Å². The molecule has 0 aromatic carbocycles. The van der Waals surface area contributed by atoms with E-state index in [2.05, 4.69) is 23.7 Å². The van der Waals surface area contributed by atoms with Crippen LogP contribution in [0.4, 0.5) is 0 Å². The summed E-state index contributed by atoms with van der Waals surface area (Å²) >= 11 is 1.50. The van der Waals surface area contributed by atoms with E-state index in [1.165, 1.54) is 11.3 Å². The lowest BCUT2D eigenvalue weighted by atomic mass is 10.2. The van der Waals surface area contributed by atoms with E-state index in [0.29, 0.717) is 6.54 Å². The highest BCUT2D eigenvalue weighted by molar-refractivity contribution is 7.12. The molecule has 118 valence electrons. The molecule has 2 aromatic heterocycles. The molecule has 0 aliphatic carbocycles. The first-order chi connectivity index (χ1) is 10.7. The average Bonchev–Trinajstić information content (AvgIpc) is 3.09. The minimum absolute atomic E-state index is 0.110. The molecule has 0 bridgehead atoms. The predicted molar refractivity (Wildman–Crippen MR) is 91.1 cm³/mol. The number of hydrogen-bond donors (Lipinski definition) is 0. The Morgan fingerprint density at radius 3 is 2.45 bits per heavy atom. The molecule has 0 aliphatic heterocycles. The van der Waals surface area contributed by atoms with Crippen LogP contribution in [0.1, 0.15) is 29.1 Å². The maximum absolute atomic E-state index is 12.7. The van der Waals surface area contributed by atoms with Gasteiger partial charge in [0.15, 0.2) is 0 Å². The Balaban J connectivity index is 2.08. The third-order valence-electron chi connectivity index (χ3n) is 3.72. The smallest absolute Gasteiger partial charge is 0.264 e. The molecule has 22 heavy (non-hydrogen) atoms. The van der Waals surface area contributed by atoms with Crippen molar-refractivity contribution in [3.05, 3.63) is 52.5 Å². The van der Waals surface area contributed by atoms with Gasteiger partial charge < -0.3 is 9.80 Å². The lowest BCUT2D eigenvalue weighted by Crippen LogP contribution is -2.38. The van der Waals surface area contributed by atoms with Crippen LogP contribution in [0.15, 0.2) is 42.0 Å². The first-order valence-electron chi connectivity index (χ1n) is 7.68. The number of hydrogen-bond acceptors (Lipinski definition) is 4. The van der Waals surface area contributed by atoms with Crippen LogP contribution in [0.25, 0.3) is 0 Å². The van der Waals surface area contributed by atoms with Crippen LogP contribution in [0, 0.1) is 0 Å². The minimum Gasteiger partial charge on any atom is -0.332 e. The zero-order chi connectivity index (χ0) is 15.8. The molecule has 4 nitrogen and oxygen atoms in total. The van der Waals surface area contributed by atoms with Gasteiger partial charge in [-0.2, -0.15) is 0 Å². The molecule has 0 spiro atoms. The highest BCUT2D eigenvalue weighted by Gasteiger charge is 2.17. The van der Waals surface area contributed by atoms with E-state index in [1.54, 1.807) is 12.4 Å². The fourth-order valence-corrected chi connectivity index (χ4v) is 3.01. The molecule has 1 amide bonds. The summed E-state index contributed by atoms with van der Waals surface area (Å²) in [5.74, 6) is 0.110. The number of aromatic nitrogens is 1. The van der Waals surface area contributed by atoms with Gasteiger partial charge in [-0.15, -0.1) is 11.3 Å². The summed E-state index contributed by atoms with van der Waals surface area (Å²) in [7, 11) is 0. The van der Waals surface area contributed by atoms with Gasteiger partial charge in [-0.1, -0.05) is 19.9 Å². The van der Waals surface area contributed by atoms with E-state index in [9.17, 15) is 4.79 Å². The third-order valence-corrected chi connectivity index (χ3v) is 4.58. The van der Waals surface area contributed by atoms with Crippen LogP contribution < -0.4 is 0 Å². The first kappa shape index (κ1) is 16.6. The van der Waals surface area contributed by atoms with E-state index < -0.39 is 0 Å². The standard InChI is InChI=1S/C17H23N3OS/c1-3-19(4-2)11-12-20(14-15-7-9-18-10-8-15)17(21)16-6-5-13-22-16/h5-10,13H,3-4,11-12,14H2,1-2H3. The average molecular weight is 317 g/mol. The van der Waals surface area contributed by atoms with Gasteiger partial charge >= 0.3 is 0 Å². The molecule has 0 radical (unpaired) electrons. The second-order valence-corrected chi connectivity index (χ2v) is 6.03. The summed E-state index contributed by atoms with van der Waals surface area (Å²) in [4.78, 5) is 21.8. The third kappa shape index (κ3) is 4.64. The van der Waals surface area contributed by atoms with Gasteiger partial charge in [0.1, 0.15) is 0 Å². The second kappa shape index (κ2) is 8.66. The molecule has 2 aromatic rings. The van der Waals surface area contributed by atoms with Crippen LogP contribution in [-0.4, -0.2) is 46.9 Å². The van der Waals surface area contributed by atoms with Crippen molar-refractivity contribution in [1.82, 2.24) is 14.8 Å². The number of likely N-dealkylation sites (N-methyl/N-ethyl adjacent to an activating group) is 1. The fraction of sp³-hybridized carbons (Fsp3) is 0.412. The number of pyridine rings is 1. The summed E-state index contributed by atoms with van der Waals surface area (Å²) in [5, 5.41) is 1.95. The molecule has 0 fully saturated rings. The van der Waals surface area contributed by atoms with Gasteiger partial charge in [-0.05, 0) is 42.2 Å². The van der Waals surface area contributed by atoms with E-state index in [0.717, 1.165) is 36.6 Å².